The Labute approximate surface area is 187 Å². The van der Waals surface area contributed by atoms with Crippen LogP contribution in [0.2, 0.25) is 0 Å². The molecule has 2 saturated heterocycles. The average molecular weight is 443 g/mol. The number of likely N-dealkylation sites (N-methyl/N-ethyl adjacent to an activating group) is 1. The van der Waals surface area contributed by atoms with Crippen LogP contribution >= 0.6 is 11.3 Å². The first-order valence-electron chi connectivity index (χ1n) is 11.0. The molecule has 5 heterocycles. The molecule has 2 aromatic rings. The molecular formula is C22H30N6O2S. The number of fused-ring (bicyclic) bond motifs is 1. The largest absolute Gasteiger partial charge is 0.484 e. The fourth-order valence-corrected chi connectivity index (χ4v) is 5.87. The molecule has 2 aromatic heterocycles. The van der Waals surface area contributed by atoms with Gasteiger partial charge in [0.2, 0.25) is 5.91 Å². The molecule has 0 aromatic carbocycles. The van der Waals surface area contributed by atoms with Gasteiger partial charge in [-0.25, -0.2) is 9.97 Å². The van der Waals surface area contributed by atoms with E-state index in [-0.39, 0.29) is 11.5 Å². The molecule has 8 nitrogen and oxygen atoms in total. The van der Waals surface area contributed by atoms with Crippen LogP contribution < -0.4 is 15.0 Å². The molecule has 0 bridgehead atoms. The number of nitrogens with one attached hydrogen (secondary N) is 1. The van der Waals surface area contributed by atoms with Crippen molar-refractivity contribution in [2.24, 2.45) is 0 Å². The maximum absolute atomic E-state index is 11.3. The number of ether oxygens (including phenoxy) is 1. The molecule has 3 aliphatic rings. The Morgan fingerprint density at radius 1 is 1.29 bits per heavy atom. The summed E-state index contributed by atoms with van der Waals surface area (Å²) < 4.78 is 6.51. The lowest BCUT2D eigenvalue weighted by molar-refractivity contribution is -0.114. The smallest absolute Gasteiger partial charge is 0.223 e. The Hall–Kier alpha value is -2.23. The van der Waals surface area contributed by atoms with Gasteiger partial charge in [-0.05, 0) is 20.0 Å². The molecule has 2 fully saturated rings. The first kappa shape index (κ1) is 20.7. The van der Waals surface area contributed by atoms with Crippen LogP contribution in [0.3, 0.4) is 0 Å². The summed E-state index contributed by atoms with van der Waals surface area (Å²) >= 11 is 1.54. The maximum atomic E-state index is 11.3. The van der Waals surface area contributed by atoms with Crippen LogP contribution in [-0.4, -0.2) is 77.1 Å². The predicted octanol–water partition coefficient (Wildman–Crippen LogP) is 2.22. The van der Waals surface area contributed by atoms with Gasteiger partial charge in [-0.15, -0.1) is 11.3 Å². The third kappa shape index (κ3) is 4.26. The Morgan fingerprint density at radius 3 is 2.87 bits per heavy atom. The second kappa shape index (κ2) is 8.03. The molecule has 5 rings (SSSR count). The zero-order chi connectivity index (χ0) is 21.6. The van der Waals surface area contributed by atoms with Gasteiger partial charge in [0.05, 0.1) is 6.20 Å². The van der Waals surface area contributed by atoms with E-state index < -0.39 is 0 Å². The van der Waals surface area contributed by atoms with Gasteiger partial charge in [-0.2, -0.15) is 0 Å². The Balaban J connectivity index is 1.25. The van der Waals surface area contributed by atoms with Crippen LogP contribution in [0.5, 0.6) is 5.75 Å². The summed E-state index contributed by atoms with van der Waals surface area (Å²) in [6, 6.07) is 2.66. The normalized spacial score (nSPS) is 26.3. The van der Waals surface area contributed by atoms with E-state index >= 15 is 0 Å². The zero-order valence-electron chi connectivity index (χ0n) is 18.4. The quantitative estimate of drug-likeness (QED) is 0.778. The molecule has 0 aliphatic carbocycles. The minimum atomic E-state index is -0.171. The van der Waals surface area contributed by atoms with Crippen molar-refractivity contribution >= 4 is 28.2 Å². The van der Waals surface area contributed by atoms with Gasteiger partial charge in [0.15, 0.2) is 5.13 Å². The highest BCUT2D eigenvalue weighted by Crippen LogP contribution is 2.43. The maximum Gasteiger partial charge on any atom is 0.223 e. The fourth-order valence-electron chi connectivity index (χ4n) is 4.99. The second-order valence-corrected chi connectivity index (χ2v) is 10.3. The first-order valence-corrected chi connectivity index (χ1v) is 11.8. The van der Waals surface area contributed by atoms with Crippen LogP contribution in [0.15, 0.2) is 18.5 Å². The summed E-state index contributed by atoms with van der Waals surface area (Å²) in [4.78, 5) is 28.6. The molecular weight excluding hydrogens is 412 g/mol. The Bertz CT molecular complexity index is 973. The number of amides is 1. The lowest BCUT2D eigenvalue weighted by Gasteiger charge is -2.33. The Morgan fingerprint density at radius 2 is 2.10 bits per heavy atom. The number of nitrogens with zero attached hydrogens (tertiary/aromatic N) is 5. The summed E-state index contributed by atoms with van der Waals surface area (Å²) in [6.45, 7) is 9.69. The lowest BCUT2D eigenvalue weighted by Crippen LogP contribution is -2.44. The molecule has 1 spiro atoms. The van der Waals surface area contributed by atoms with Crippen LogP contribution in [-0.2, 0) is 17.8 Å². The van der Waals surface area contributed by atoms with E-state index in [0.717, 1.165) is 68.6 Å². The minimum absolute atomic E-state index is 0.0870. The number of carbonyl (C=O) groups is 1. The van der Waals surface area contributed by atoms with Crippen molar-refractivity contribution in [1.82, 2.24) is 19.8 Å². The van der Waals surface area contributed by atoms with Gasteiger partial charge in [0, 0.05) is 81.7 Å². The van der Waals surface area contributed by atoms with Crippen molar-refractivity contribution in [2.75, 3.05) is 50.0 Å². The third-order valence-corrected chi connectivity index (χ3v) is 7.48. The fraction of sp³-hybridized carbons (Fsp3) is 0.591. The molecule has 9 heteroatoms. The minimum Gasteiger partial charge on any atom is -0.484 e. The summed E-state index contributed by atoms with van der Waals surface area (Å²) in [5.74, 6) is 1.93. The third-order valence-electron chi connectivity index (χ3n) is 6.58. The van der Waals surface area contributed by atoms with Crippen molar-refractivity contribution in [2.45, 2.75) is 44.9 Å². The number of carbonyl (C=O) groups excluding carboxylic acids is 1. The molecule has 2 atom stereocenters. The standard InChI is InChI=1S/C22H30N6O2S/c1-15-9-22(14-28(15)13-18-11-24-21(31-18)25-16(2)29)10-17-8-20(23-12-19(17)30-22)27-6-4-26(3)5-7-27/h8,11-12,15H,4-7,9-10,13-14H2,1-3H3,(H,24,25,29)/t15-,22-/m0/s1. The molecule has 31 heavy (non-hydrogen) atoms. The van der Waals surface area contributed by atoms with Crippen molar-refractivity contribution < 1.29 is 9.53 Å². The number of thiazole rings is 1. The topological polar surface area (TPSA) is 73.8 Å². The van der Waals surface area contributed by atoms with Crippen molar-refractivity contribution in [3.63, 3.8) is 0 Å². The van der Waals surface area contributed by atoms with E-state index in [1.807, 2.05) is 12.4 Å². The molecule has 1 N–H and O–H groups in total. The number of likely N-dealkylation sites (tertiary alicyclic amines) is 1. The number of piperazine rings is 1. The van der Waals surface area contributed by atoms with E-state index in [9.17, 15) is 4.79 Å². The van der Waals surface area contributed by atoms with E-state index in [2.05, 4.69) is 45.0 Å². The molecule has 0 saturated carbocycles. The van der Waals surface area contributed by atoms with Gasteiger partial charge < -0.3 is 19.9 Å². The van der Waals surface area contributed by atoms with Crippen LogP contribution in [0.1, 0.15) is 30.7 Å². The van der Waals surface area contributed by atoms with Gasteiger partial charge in [-0.3, -0.25) is 9.69 Å². The van der Waals surface area contributed by atoms with Crippen molar-refractivity contribution in [3.8, 4) is 5.75 Å². The predicted molar refractivity (Wildman–Crippen MR) is 122 cm³/mol. The number of hydrogen-bond donors (Lipinski definition) is 1. The van der Waals surface area contributed by atoms with Gasteiger partial charge in [0.1, 0.15) is 17.2 Å². The van der Waals surface area contributed by atoms with E-state index in [1.165, 1.54) is 12.5 Å². The highest BCUT2D eigenvalue weighted by molar-refractivity contribution is 7.15. The highest BCUT2D eigenvalue weighted by Gasteiger charge is 2.48. The number of hydrogen-bond acceptors (Lipinski definition) is 8. The zero-order valence-corrected chi connectivity index (χ0v) is 19.2. The monoisotopic (exact) mass is 442 g/mol. The summed E-state index contributed by atoms with van der Waals surface area (Å²) in [5.41, 5.74) is 1.11. The molecule has 1 amide bonds. The summed E-state index contributed by atoms with van der Waals surface area (Å²) in [7, 11) is 2.17. The van der Waals surface area contributed by atoms with Crippen LogP contribution in [0.4, 0.5) is 10.9 Å². The molecule has 3 aliphatic heterocycles. The first-order chi connectivity index (χ1) is 14.9. The van der Waals surface area contributed by atoms with E-state index in [0.29, 0.717) is 11.2 Å². The Kier molecular flexibility index (Phi) is 5.35. The number of anilines is 2. The highest BCUT2D eigenvalue weighted by atomic mass is 32.1. The molecule has 0 unspecified atom stereocenters. The average Bonchev–Trinajstić information content (AvgIpc) is 3.38. The summed E-state index contributed by atoms with van der Waals surface area (Å²) in [6.07, 6.45) is 5.73. The molecule has 166 valence electrons. The van der Waals surface area contributed by atoms with Gasteiger partial charge in [0.25, 0.3) is 0 Å². The van der Waals surface area contributed by atoms with Crippen molar-refractivity contribution in [1.29, 1.82) is 0 Å². The van der Waals surface area contributed by atoms with Gasteiger partial charge >= 0.3 is 0 Å². The second-order valence-electron chi connectivity index (χ2n) is 9.17. The van der Waals surface area contributed by atoms with E-state index in [1.54, 1.807) is 11.3 Å². The summed E-state index contributed by atoms with van der Waals surface area (Å²) in [5, 5.41) is 3.43. The molecule has 0 radical (unpaired) electrons. The van der Waals surface area contributed by atoms with Crippen LogP contribution in [0.25, 0.3) is 0 Å². The van der Waals surface area contributed by atoms with Crippen molar-refractivity contribution in [3.05, 3.63) is 28.9 Å². The number of pyridine rings is 1. The van der Waals surface area contributed by atoms with E-state index in [4.69, 9.17) is 9.72 Å². The SMILES string of the molecule is CC(=O)Nc1ncc(CN2C[C@@]3(Cc4cc(N5CCN(C)CC5)ncc4O3)C[C@@H]2C)s1. The number of aromatic nitrogens is 2. The van der Waals surface area contributed by atoms with Crippen LogP contribution in [0, 0.1) is 0 Å². The van der Waals surface area contributed by atoms with Gasteiger partial charge in [-0.1, -0.05) is 0 Å². The lowest BCUT2D eigenvalue weighted by atomic mass is 9.95. The number of rotatable bonds is 4.